The monoisotopic (exact) mass is 471 g/mol. The molecule has 0 bridgehead atoms. The zero-order valence-corrected chi connectivity index (χ0v) is 18.1. The summed E-state index contributed by atoms with van der Waals surface area (Å²) >= 11 is 12.6. The number of aliphatic hydroxyl groups is 3. The number of ether oxygens (including phenoxy) is 3. The van der Waals surface area contributed by atoms with Gasteiger partial charge < -0.3 is 34.8 Å². The van der Waals surface area contributed by atoms with Gasteiger partial charge in [0, 0.05) is 12.7 Å². The molecule has 0 spiro atoms. The molecule has 1 heterocycles. The third-order valence-corrected chi connectivity index (χ3v) is 5.46. The molecule has 0 radical (unpaired) electrons. The summed E-state index contributed by atoms with van der Waals surface area (Å²) in [5, 5.41) is 32.5. The van der Waals surface area contributed by atoms with Crippen molar-refractivity contribution in [3.8, 4) is 5.75 Å². The van der Waals surface area contributed by atoms with Crippen molar-refractivity contribution >= 4 is 29.1 Å². The van der Waals surface area contributed by atoms with Crippen LogP contribution in [0.1, 0.15) is 15.9 Å². The molecule has 4 N–H and O–H groups in total. The van der Waals surface area contributed by atoms with E-state index in [2.05, 4.69) is 5.32 Å². The molecule has 0 saturated carbocycles. The molecule has 2 aromatic rings. The highest BCUT2D eigenvalue weighted by Gasteiger charge is 2.45. The van der Waals surface area contributed by atoms with Crippen LogP contribution in [-0.4, -0.2) is 65.6 Å². The molecule has 0 aromatic heterocycles. The maximum atomic E-state index is 12.8. The number of hydrogen-bond donors (Lipinski definition) is 4. The quantitative estimate of drug-likeness (QED) is 0.485. The maximum Gasteiger partial charge on any atom is 0.251 e. The number of nitrogens with one attached hydrogen (secondary N) is 1. The Labute approximate surface area is 189 Å². The van der Waals surface area contributed by atoms with E-state index in [1.807, 2.05) is 30.3 Å². The predicted molar refractivity (Wildman–Crippen MR) is 113 cm³/mol. The van der Waals surface area contributed by atoms with Crippen LogP contribution in [0.5, 0.6) is 5.75 Å². The summed E-state index contributed by atoms with van der Waals surface area (Å²) in [4.78, 5) is 12.8. The topological polar surface area (TPSA) is 117 Å². The normalized spacial score (nSPS) is 25.8. The van der Waals surface area contributed by atoms with Crippen molar-refractivity contribution in [2.75, 3.05) is 13.7 Å². The number of methoxy groups -OCH3 is 1. The van der Waals surface area contributed by atoms with Gasteiger partial charge in [-0.05, 0) is 17.7 Å². The summed E-state index contributed by atoms with van der Waals surface area (Å²) < 4.78 is 16.2. The van der Waals surface area contributed by atoms with Crippen LogP contribution < -0.4 is 10.1 Å². The third kappa shape index (κ3) is 5.48. The second-order valence-electron chi connectivity index (χ2n) is 6.98. The molecule has 1 aliphatic heterocycles. The molecular weight excluding hydrogens is 449 g/mol. The smallest absolute Gasteiger partial charge is 0.251 e. The van der Waals surface area contributed by atoms with Gasteiger partial charge in [-0.15, -0.1) is 0 Å². The van der Waals surface area contributed by atoms with Crippen molar-refractivity contribution in [1.29, 1.82) is 0 Å². The average molecular weight is 472 g/mol. The number of hydrogen-bond acceptors (Lipinski definition) is 7. The first-order valence-corrected chi connectivity index (χ1v) is 10.2. The van der Waals surface area contributed by atoms with Crippen LogP contribution in [-0.2, 0) is 16.1 Å². The Balaban J connectivity index is 1.73. The number of amides is 1. The van der Waals surface area contributed by atoms with Crippen molar-refractivity contribution in [3.05, 3.63) is 63.6 Å². The van der Waals surface area contributed by atoms with E-state index >= 15 is 0 Å². The molecule has 0 aliphatic carbocycles. The fourth-order valence-electron chi connectivity index (χ4n) is 3.23. The summed E-state index contributed by atoms with van der Waals surface area (Å²) in [5.41, 5.74) is 1.04. The first kappa shape index (κ1) is 23.7. The van der Waals surface area contributed by atoms with E-state index in [0.29, 0.717) is 0 Å². The Bertz CT molecular complexity index is 874. The Hall–Kier alpha value is -1.91. The minimum atomic E-state index is -1.43. The molecule has 1 aliphatic rings. The molecular formula is C21H23Cl2NO7. The van der Waals surface area contributed by atoms with Crippen LogP contribution in [0.3, 0.4) is 0 Å². The van der Waals surface area contributed by atoms with E-state index in [1.54, 1.807) is 0 Å². The van der Waals surface area contributed by atoms with Gasteiger partial charge in [0.25, 0.3) is 5.91 Å². The lowest BCUT2D eigenvalue weighted by Crippen LogP contribution is -2.64. The van der Waals surface area contributed by atoms with Gasteiger partial charge in [0.05, 0.1) is 16.7 Å². The summed E-state index contributed by atoms with van der Waals surface area (Å²) in [6.45, 7) is -0.273. The van der Waals surface area contributed by atoms with Gasteiger partial charge in [0.1, 0.15) is 31.0 Å². The van der Waals surface area contributed by atoms with Gasteiger partial charge in [-0.1, -0.05) is 53.5 Å². The summed E-state index contributed by atoms with van der Waals surface area (Å²) in [6.07, 6.45) is -4.97. The van der Waals surface area contributed by atoms with Crippen molar-refractivity contribution < 1.29 is 34.3 Å². The van der Waals surface area contributed by atoms with Crippen LogP contribution in [0.25, 0.3) is 0 Å². The molecule has 5 atom stereocenters. The van der Waals surface area contributed by atoms with Crippen LogP contribution in [0.2, 0.25) is 10.0 Å². The van der Waals surface area contributed by atoms with E-state index < -0.39 is 43.2 Å². The number of halogens is 2. The molecule has 3 rings (SSSR count). The first-order chi connectivity index (χ1) is 14.8. The number of carbonyl (C=O) groups is 1. The minimum absolute atomic E-state index is 0.114. The van der Waals surface area contributed by atoms with Crippen molar-refractivity contribution in [2.45, 2.75) is 37.3 Å². The second kappa shape index (κ2) is 10.6. The molecule has 31 heavy (non-hydrogen) atoms. The van der Waals surface area contributed by atoms with E-state index in [0.717, 1.165) is 5.56 Å². The van der Waals surface area contributed by atoms with E-state index in [-0.39, 0.29) is 28.0 Å². The lowest BCUT2D eigenvalue weighted by Gasteiger charge is -2.41. The highest BCUT2D eigenvalue weighted by atomic mass is 35.5. The lowest BCUT2D eigenvalue weighted by atomic mass is 9.96. The number of rotatable bonds is 7. The van der Waals surface area contributed by atoms with Gasteiger partial charge in [0.15, 0.2) is 12.0 Å². The molecule has 168 valence electrons. The fraction of sp³-hybridized carbons (Fsp3) is 0.381. The molecule has 1 amide bonds. The van der Waals surface area contributed by atoms with Crippen molar-refractivity contribution in [2.24, 2.45) is 0 Å². The van der Waals surface area contributed by atoms with Crippen LogP contribution >= 0.6 is 23.2 Å². The summed E-state index contributed by atoms with van der Waals surface area (Å²) in [7, 11) is 1.31. The predicted octanol–water partition coefficient (Wildman–Crippen LogP) is 1.76. The highest BCUT2D eigenvalue weighted by Crippen LogP contribution is 2.35. The standard InChI is InChI=1S/C21H23Cl2NO7/c1-29-21-16(18(27)17(26)15(9-25)31-21)24-20(28)12-7-13(22)19(14(23)8-12)30-10-11-5-3-2-4-6-11/h2-8,15-18,21,25-27H,9-10H2,1H3,(H,24,28)/t15-,16-,17-,18-,21-/m1/s1. The van der Waals surface area contributed by atoms with Gasteiger partial charge in [0.2, 0.25) is 0 Å². The first-order valence-electron chi connectivity index (χ1n) is 9.47. The lowest BCUT2D eigenvalue weighted by molar-refractivity contribution is -0.261. The third-order valence-electron chi connectivity index (χ3n) is 4.90. The molecule has 0 unspecified atom stereocenters. The summed E-state index contributed by atoms with van der Waals surface area (Å²) in [5.74, 6) is -0.386. The second-order valence-corrected chi connectivity index (χ2v) is 7.80. The maximum absolute atomic E-state index is 12.8. The Morgan fingerprint density at radius 3 is 2.35 bits per heavy atom. The molecule has 8 nitrogen and oxygen atoms in total. The Kier molecular flexibility index (Phi) is 8.12. The molecule has 10 heteroatoms. The number of aliphatic hydroxyl groups excluding tert-OH is 3. The minimum Gasteiger partial charge on any atom is -0.486 e. The Morgan fingerprint density at radius 1 is 1.13 bits per heavy atom. The van der Waals surface area contributed by atoms with Gasteiger partial charge in [-0.2, -0.15) is 0 Å². The van der Waals surface area contributed by atoms with E-state index in [4.69, 9.17) is 37.4 Å². The van der Waals surface area contributed by atoms with Crippen LogP contribution in [0.4, 0.5) is 0 Å². The number of carbonyl (C=O) groups excluding carboxylic acids is 1. The van der Waals surface area contributed by atoms with Crippen LogP contribution in [0.15, 0.2) is 42.5 Å². The van der Waals surface area contributed by atoms with Crippen LogP contribution in [0, 0.1) is 0 Å². The zero-order valence-electron chi connectivity index (χ0n) is 16.6. The fourth-order valence-corrected chi connectivity index (χ4v) is 3.83. The van der Waals surface area contributed by atoms with Gasteiger partial charge in [-0.25, -0.2) is 0 Å². The van der Waals surface area contributed by atoms with Gasteiger partial charge >= 0.3 is 0 Å². The zero-order chi connectivity index (χ0) is 22.5. The SMILES string of the molecule is CO[C@@H]1O[C@H](CO)[C@@H](O)[C@H](O)[C@H]1NC(=O)c1cc(Cl)c(OCc2ccccc2)c(Cl)c1. The largest absolute Gasteiger partial charge is 0.486 e. The number of benzene rings is 2. The van der Waals surface area contributed by atoms with Gasteiger partial charge in [-0.3, -0.25) is 4.79 Å². The van der Waals surface area contributed by atoms with Crippen molar-refractivity contribution in [3.63, 3.8) is 0 Å². The average Bonchev–Trinajstić information content (AvgIpc) is 2.77. The molecule has 2 aromatic carbocycles. The van der Waals surface area contributed by atoms with E-state index in [1.165, 1.54) is 19.2 Å². The Morgan fingerprint density at radius 2 is 1.77 bits per heavy atom. The molecule has 1 saturated heterocycles. The summed E-state index contributed by atoms with van der Waals surface area (Å²) in [6, 6.07) is 11.1. The van der Waals surface area contributed by atoms with E-state index in [9.17, 15) is 20.1 Å². The van der Waals surface area contributed by atoms with Crippen molar-refractivity contribution in [1.82, 2.24) is 5.32 Å². The molecule has 1 fully saturated rings. The highest BCUT2D eigenvalue weighted by molar-refractivity contribution is 6.37.